The molecule has 4 aliphatic carbocycles. The number of aromatic nitrogens is 2. The fourth-order valence-electron chi connectivity index (χ4n) is 7.45. The highest BCUT2D eigenvalue weighted by Crippen LogP contribution is 2.55. The van der Waals surface area contributed by atoms with Crippen LogP contribution in [0, 0.1) is 17.8 Å². The van der Waals surface area contributed by atoms with Gasteiger partial charge in [0.1, 0.15) is 12.5 Å². The molecule has 0 spiro atoms. The van der Waals surface area contributed by atoms with Crippen molar-refractivity contribution in [3.63, 3.8) is 0 Å². The maximum Gasteiger partial charge on any atom is 0.430 e. The lowest BCUT2D eigenvalue weighted by Gasteiger charge is -2.56. The number of halogens is 3. The van der Waals surface area contributed by atoms with Crippen LogP contribution in [0.4, 0.5) is 13.2 Å². The molecular formula is C26H36F3N4O4+. The Labute approximate surface area is 214 Å². The molecule has 5 aliphatic rings. The smallest absolute Gasteiger partial charge is 0.430 e. The Morgan fingerprint density at radius 1 is 1.14 bits per heavy atom. The first-order valence-electron chi connectivity index (χ1n) is 13.1. The van der Waals surface area contributed by atoms with Gasteiger partial charge in [0.2, 0.25) is 5.69 Å². The Morgan fingerprint density at radius 2 is 1.70 bits per heavy atom. The Morgan fingerprint density at radius 3 is 2.24 bits per heavy atom. The van der Waals surface area contributed by atoms with E-state index in [1.54, 1.807) is 0 Å². The van der Waals surface area contributed by atoms with Crippen molar-refractivity contribution in [2.24, 2.45) is 17.8 Å². The number of carbonyl (C=O) groups is 2. The number of aromatic amines is 1. The number of aliphatic carboxylic acids is 1. The van der Waals surface area contributed by atoms with Gasteiger partial charge in [-0.05, 0) is 68.4 Å². The summed E-state index contributed by atoms with van der Waals surface area (Å²) in [5, 5.41) is 22.1. The molecule has 1 saturated heterocycles. The van der Waals surface area contributed by atoms with Gasteiger partial charge in [0.15, 0.2) is 5.52 Å². The molecule has 4 N–H and O–H groups in total. The Kier molecular flexibility index (Phi) is 6.95. The molecule has 0 aromatic carbocycles. The van der Waals surface area contributed by atoms with Crippen LogP contribution in [0.15, 0.2) is 24.4 Å². The highest BCUT2D eigenvalue weighted by atomic mass is 19.4. The van der Waals surface area contributed by atoms with Crippen molar-refractivity contribution in [3.05, 3.63) is 35.9 Å². The number of amides is 1. The van der Waals surface area contributed by atoms with E-state index in [1.807, 2.05) is 22.7 Å². The molecule has 7 rings (SSSR count). The molecule has 0 atom stereocenters. The summed E-state index contributed by atoms with van der Waals surface area (Å²) in [4.78, 5) is 27.2. The number of nitrogens with one attached hydrogen (secondary N) is 3. The first-order chi connectivity index (χ1) is 17.5. The number of nitrogens with zero attached hydrogens (tertiary/aromatic N) is 1. The molecule has 1 aliphatic heterocycles. The van der Waals surface area contributed by atoms with E-state index < -0.39 is 12.1 Å². The van der Waals surface area contributed by atoms with Crippen LogP contribution >= 0.6 is 0 Å². The highest BCUT2D eigenvalue weighted by Gasteiger charge is 2.52. The molecule has 0 unspecified atom stereocenters. The Hall–Kier alpha value is -2.66. The lowest BCUT2D eigenvalue weighted by Crippen LogP contribution is -3.12. The van der Waals surface area contributed by atoms with Crippen molar-refractivity contribution >= 4 is 17.4 Å². The van der Waals surface area contributed by atoms with Gasteiger partial charge in [-0.2, -0.15) is 17.6 Å². The monoisotopic (exact) mass is 525 g/mol. The molecule has 11 heteroatoms. The van der Waals surface area contributed by atoms with Gasteiger partial charge in [0.05, 0.1) is 25.4 Å². The third-order valence-corrected chi connectivity index (χ3v) is 8.63. The van der Waals surface area contributed by atoms with E-state index in [-0.39, 0.29) is 19.0 Å². The van der Waals surface area contributed by atoms with Crippen LogP contribution < -0.4 is 19.7 Å². The van der Waals surface area contributed by atoms with Gasteiger partial charge in [-0.25, -0.2) is 4.98 Å². The lowest BCUT2D eigenvalue weighted by atomic mass is 9.53. The van der Waals surface area contributed by atoms with Crippen LogP contribution in [0.1, 0.15) is 69.1 Å². The Bertz CT molecular complexity index is 1130. The molecule has 1 amide bonds. The zero-order chi connectivity index (χ0) is 26.4. The van der Waals surface area contributed by atoms with Crippen molar-refractivity contribution in [2.45, 2.75) is 75.7 Å². The maximum atomic E-state index is 13.5. The average molecular weight is 526 g/mol. The number of piperidine rings is 1. The third kappa shape index (κ3) is 5.62. The molecule has 4 saturated carbocycles. The van der Waals surface area contributed by atoms with Crippen LogP contribution in [0.25, 0.3) is 5.52 Å². The number of aliphatic hydroxyl groups is 1. The summed E-state index contributed by atoms with van der Waals surface area (Å²) in [6, 6.07) is 6.14. The first kappa shape index (κ1) is 26.0. The number of alkyl halides is 3. The van der Waals surface area contributed by atoms with E-state index in [0.717, 1.165) is 61.4 Å². The molecule has 3 heterocycles. The third-order valence-electron chi connectivity index (χ3n) is 8.63. The van der Waals surface area contributed by atoms with Gasteiger partial charge in [-0.3, -0.25) is 4.79 Å². The standard InChI is InChI=1S/C24H32N4O2.C2HF3O2.H2/c29-19-4-7-27(8-5-19)15-20-21-3-1-2-6-28(21)22(25-20)23(30)26-24-12-16-9-17(13-24)11-18(10-16)14-24;3-2(4,5)1(6)7;/h1-3,6,16-19,29H,4-5,7-15H2,(H,26,30);(H,6,7);1H/p+1. The van der Waals surface area contributed by atoms with Gasteiger partial charge >= 0.3 is 17.9 Å². The molecule has 0 radical (unpaired) electrons. The van der Waals surface area contributed by atoms with Crippen LogP contribution in [0.3, 0.4) is 0 Å². The molecular weight excluding hydrogens is 489 g/mol. The minimum atomic E-state index is -5.19. The van der Waals surface area contributed by atoms with Crippen LogP contribution in [-0.4, -0.2) is 52.9 Å². The minimum absolute atomic E-state index is 0. The van der Waals surface area contributed by atoms with Gasteiger partial charge in [-0.1, -0.05) is 6.07 Å². The van der Waals surface area contributed by atoms with E-state index in [4.69, 9.17) is 9.90 Å². The topological polar surface area (TPSA) is 114 Å². The zero-order valence-corrected chi connectivity index (χ0v) is 20.7. The summed E-state index contributed by atoms with van der Waals surface area (Å²) in [5.41, 5.74) is 2.23. The fourth-order valence-corrected chi connectivity index (χ4v) is 7.45. The predicted molar refractivity (Wildman–Crippen MR) is 125 cm³/mol. The summed E-state index contributed by atoms with van der Waals surface area (Å²) in [5.74, 6) is 0.156. The molecule has 5 fully saturated rings. The number of hydrogen-bond acceptors (Lipinski definition) is 4. The lowest BCUT2D eigenvalue weighted by molar-refractivity contribution is -0.919. The summed E-state index contributed by atoms with van der Waals surface area (Å²) < 4.78 is 33.6. The second kappa shape index (κ2) is 9.90. The minimum Gasteiger partial charge on any atom is -0.542 e. The largest absolute Gasteiger partial charge is 0.542 e. The molecule has 4 bridgehead atoms. The summed E-state index contributed by atoms with van der Waals surface area (Å²) in [6.07, 6.45) is 6.03. The van der Waals surface area contributed by atoms with Crippen LogP contribution in [-0.2, 0) is 11.3 Å². The quantitative estimate of drug-likeness (QED) is 0.437. The molecule has 8 nitrogen and oxygen atoms in total. The van der Waals surface area contributed by atoms with E-state index >= 15 is 0 Å². The summed E-state index contributed by atoms with van der Waals surface area (Å²) in [6.45, 7) is 2.83. The van der Waals surface area contributed by atoms with Gasteiger partial charge in [-0.15, -0.1) is 0 Å². The number of hydrogen-bond donors (Lipinski definition) is 4. The number of fused-ring (bicyclic) bond motifs is 1. The number of H-pyrrole nitrogens is 1. The average Bonchev–Trinajstić information content (AvgIpc) is 3.18. The highest BCUT2D eigenvalue weighted by molar-refractivity contribution is 5.90. The molecule has 37 heavy (non-hydrogen) atoms. The summed E-state index contributed by atoms with van der Waals surface area (Å²) >= 11 is 0. The SMILES string of the molecule is O=C(NC12CC3CC(CC(C3)C1)C2)c1[nH]c(C[NH+]2CCC(O)CC2)c2cccc[n+]12.O=C([O-])C(F)(F)F.[HH]. The molecule has 2 aromatic heterocycles. The number of carboxylic acid groups (broad SMARTS) is 1. The van der Waals surface area contributed by atoms with Crippen molar-refractivity contribution in [2.75, 3.05) is 13.1 Å². The Balaban J connectivity index is 0.000000375. The first-order valence-corrected chi connectivity index (χ1v) is 13.1. The molecule has 204 valence electrons. The van der Waals surface area contributed by atoms with Gasteiger partial charge < -0.3 is 25.2 Å². The number of rotatable bonds is 4. The van der Waals surface area contributed by atoms with Crippen molar-refractivity contribution in [1.82, 2.24) is 10.3 Å². The van der Waals surface area contributed by atoms with E-state index in [0.29, 0.717) is 5.82 Å². The second-order valence-electron chi connectivity index (χ2n) is 11.5. The predicted octanol–water partition coefficient (Wildman–Crippen LogP) is 0.536. The van der Waals surface area contributed by atoms with Gasteiger partial charge in [0.25, 0.3) is 0 Å². The summed E-state index contributed by atoms with van der Waals surface area (Å²) in [7, 11) is 0. The number of carboxylic acids is 1. The van der Waals surface area contributed by atoms with E-state index in [1.165, 1.54) is 43.4 Å². The van der Waals surface area contributed by atoms with Crippen molar-refractivity contribution < 1.29 is 43.7 Å². The van der Waals surface area contributed by atoms with Crippen molar-refractivity contribution in [3.8, 4) is 0 Å². The number of pyridine rings is 1. The maximum absolute atomic E-state index is 13.5. The van der Waals surface area contributed by atoms with E-state index in [2.05, 4.69) is 16.4 Å². The van der Waals surface area contributed by atoms with Crippen molar-refractivity contribution in [1.29, 1.82) is 0 Å². The number of imidazole rings is 1. The van der Waals surface area contributed by atoms with Crippen LogP contribution in [0.2, 0.25) is 0 Å². The number of quaternary nitrogens is 1. The second-order valence-corrected chi connectivity index (χ2v) is 11.5. The van der Waals surface area contributed by atoms with Crippen LogP contribution in [0.5, 0.6) is 0 Å². The number of aliphatic hydroxyl groups excluding tert-OH is 1. The molecule has 2 aromatic rings. The normalized spacial score (nSPS) is 32.6. The van der Waals surface area contributed by atoms with Gasteiger partial charge in [0, 0.05) is 19.8 Å². The zero-order valence-electron chi connectivity index (χ0n) is 20.7. The number of carbonyl (C=O) groups excluding carboxylic acids is 2. The van der Waals surface area contributed by atoms with E-state index in [9.17, 15) is 23.1 Å². The number of likely N-dealkylation sites (tertiary alicyclic amines) is 1. The fraction of sp³-hybridized carbons (Fsp3) is 0.654.